The van der Waals surface area contributed by atoms with Gasteiger partial charge in [0.15, 0.2) is 0 Å². The quantitative estimate of drug-likeness (QED) is 0.820. The van der Waals surface area contributed by atoms with Gasteiger partial charge in [0.05, 0.1) is 12.3 Å². The van der Waals surface area contributed by atoms with Gasteiger partial charge in [-0.2, -0.15) is 0 Å². The number of hydrogen-bond acceptors (Lipinski definition) is 4. The molecule has 0 unspecified atom stereocenters. The predicted octanol–water partition coefficient (Wildman–Crippen LogP) is 1.55. The summed E-state index contributed by atoms with van der Waals surface area (Å²) in [7, 11) is 1.66. The molecule has 0 saturated carbocycles. The van der Waals surface area contributed by atoms with Crippen LogP contribution in [0.15, 0.2) is 6.07 Å². The van der Waals surface area contributed by atoms with E-state index >= 15 is 0 Å². The second-order valence-corrected chi connectivity index (χ2v) is 4.59. The van der Waals surface area contributed by atoms with Crippen molar-refractivity contribution in [2.45, 2.75) is 32.6 Å². The third-order valence-electron chi connectivity index (χ3n) is 2.09. The van der Waals surface area contributed by atoms with Crippen LogP contribution in [0, 0.1) is 0 Å². The number of nitrogen functional groups attached to an aromatic ring is 1. The van der Waals surface area contributed by atoms with E-state index in [1.807, 2.05) is 6.07 Å². The van der Waals surface area contributed by atoms with Crippen molar-refractivity contribution in [1.29, 1.82) is 0 Å². The van der Waals surface area contributed by atoms with E-state index in [-0.39, 0.29) is 5.41 Å². The Labute approximate surface area is 90.9 Å². The molecule has 1 aromatic heterocycles. The van der Waals surface area contributed by atoms with Gasteiger partial charge in [0, 0.05) is 25.0 Å². The molecule has 4 nitrogen and oxygen atoms in total. The Kier molecular flexibility index (Phi) is 3.63. The Morgan fingerprint density at radius 3 is 2.53 bits per heavy atom. The molecule has 15 heavy (non-hydrogen) atoms. The number of methoxy groups -OCH3 is 1. The molecular formula is C11H19N3O. The first-order valence-electron chi connectivity index (χ1n) is 5.06. The van der Waals surface area contributed by atoms with Gasteiger partial charge in [-0.25, -0.2) is 9.97 Å². The van der Waals surface area contributed by atoms with Crippen molar-refractivity contribution in [3.05, 3.63) is 17.6 Å². The molecule has 4 heteroatoms. The molecule has 0 aliphatic rings. The molecule has 1 heterocycles. The molecule has 0 aliphatic carbocycles. The van der Waals surface area contributed by atoms with E-state index in [1.54, 1.807) is 7.11 Å². The van der Waals surface area contributed by atoms with Gasteiger partial charge in [0.2, 0.25) is 0 Å². The van der Waals surface area contributed by atoms with Gasteiger partial charge in [-0.1, -0.05) is 20.8 Å². The Bertz CT molecular complexity index is 331. The fourth-order valence-electron chi connectivity index (χ4n) is 1.21. The summed E-state index contributed by atoms with van der Waals surface area (Å²) in [6.07, 6.45) is 0.699. The second-order valence-electron chi connectivity index (χ2n) is 4.59. The molecule has 1 aromatic rings. The van der Waals surface area contributed by atoms with E-state index in [1.165, 1.54) is 0 Å². The summed E-state index contributed by atoms with van der Waals surface area (Å²) < 4.78 is 4.99. The van der Waals surface area contributed by atoms with Crippen LogP contribution in [0.1, 0.15) is 32.3 Å². The van der Waals surface area contributed by atoms with E-state index in [2.05, 4.69) is 30.7 Å². The van der Waals surface area contributed by atoms with Crippen LogP contribution < -0.4 is 5.73 Å². The molecule has 1 rings (SSSR count). The van der Waals surface area contributed by atoms with E-state index in [0.717, 1.165) is 11.5 Å². The molecule has 0 saturated heterocycles. The minimum atomic E-state index is -0.00111. The first kappa shape index (κ1) is 11.9. The number of nitrogens with zero attached hydrogens (tertiary/aromatic N) is 2. The normalized spacial score (nSPS) is 11.7. The van der Waals surface area contributed by atoms with Crippen LogP contribution in [0.4, 0.5) is 5.82 Å². The van der Waals surface area contributed by atoms with E-state index in [4.69, 9.17) is 10.5 Å². The standard InChI is InChI=1S/C11H19N3O/c1-11(2,3)8-7-9(12)14-10(13-8)5-6-15-4/h7H,5-6H2,1-4H3,(H2,12,13,14). The Morgan fingerprint density at radius 2 is 2.00 bits per heavy atom. The number of nitrogens with two attached hydrogens (primary N) is 1. The summed E-state index contributed by atoms with van der Waals surface area (Å²) in [5.41, 5.74) is 6.71. The Morgan fingerprint density at radius 1 is 1.33 bits per heavy atom. The van der Waals surface area contributed by atoms with Crippen LogP contribution in [0.5, 0.6) is 0 Å². The monoisotopic (exact) mass is 209 g/mol. The van der Waals surface area contributed by atoms with Gasteiger partial charge in [0.25, 0.3) is 0 Å². The molecule has 0 fully saturated rings. The van der Waals surface area contributed by atoms with E-state index in [0.29, 0.717) is 18.8 Å². The Balaban J connectivity index is 2.95. The third-order valence-corrected chi connectivity index (χ3v) is 2.09. The highest BCUT2D eigenvalue weighted by Crippen LogP contribution is 2.21. The van der Waals surface area contributed by atoms with Gasteiger partial charge >= 0.3 is 0 Å². The van der Waals surface area contributed by atoms with Crippen LogP contribution >= 0.6 is 0 Å². The highest BCUT2D eigenvalue weighted by Gasteiger charge is 2.17. The highest BCUT2D eigenvalue weighted by atomic mass is 16.5. The largest absolute Gasteiger partial charge is 0.384 e. The van der Waals surface area contributed by atoms with Gasteiger partial charge in [0.1, 0.15) is 11.6 Å². The fraction of sp³-hybridized carbons (Fsp3) is 0.636. The topological polar surface area (TPSA) is 61.0 Å². The van der Waals surface area contributed by atoms with E-state index < -0.39 is 0 Å². The number of aromatic nitrogens is 2. The highest BCUT2D eigenvalue weighted by molar-refractivity contribution is 5.32. The number of ether oxygens (including phenoxy) is 1. The van der Waals surface area contributed by atoms with Crippen molar-refractivity contribution in [2.24, 2.45) is 0 Å². The Hall–Kier alpha value is -1.16. The number of anilines is 1. The molecule has 2 N–H and O–H groups in total. The van der Waals surface area contributed by atoms with Gasteiger partial charge in [-0.3, -0.25) is 0 Å². The SMILES string of the molecule is COCCc1nc(N)cc(C(C)(C)C)n1. The van der Waals surface area contributed by atoms with Crippen LogP contribution in [0.3, 0.4) is 0 Å². The zero-order valence-corrected chi connectivity index (χ0v) is 9.87. The summed E-state index contributed by atoms with van der Waals surface area (Å²) in [4.78, 5) is 8.64. The first-order chi connectivity index (χ1) is 6.93. The summed E-state index contributed by atoms with van der Waals surface area (Å²) in [5.74, 6) is 1.28. The molecule has 0 atom stereocenters. The van der Waals surface area contributed by atoms with Crippen molar-refractivity contribution in [3.8, 4) is 0 Å². The smallest absolute Gasteiger partial charge is 0.133 e. The first-order valence-corrected chi connectivity index (χ1v) is 5.06. The minimum absolute atomic E-state index is 0.00111. The third kappa shape index (κ3) is 3.47. The van der Waals surface area contributed by atoms with Gasteiger partial charge in [-0.05, 0) is 0 Å². The van der Waals surface area contributed by atoms with Crippen molar-refractivity contribution < 1.29 is 4.74 Å². The maximum Gasteiger partial charge on any atom is 0.133 e. The van der Waals surface area contributed by atoms with E-state index in [9.17, 15) is 0 Å². The molecule has 0 aromatic carbocycles. The van der Waals surface area contributed by atoms with Crippen molar-refractivity contribution in [3.63, 3.8) is 0 Å². The summed E-state index contributed by atoms with van der Waals surface area (Å²) in [5, 5.41) is 0. The van der Waals surface area contributed by atoms with Gasteiger partial charge in [-0.15, -0.1) is 0 Å². The minimum Gasteiger partial charge on any atom is -0.384 e. The van der Waals surface area contributed by atoms with Crippen molar-refractivity contribution in [2.75, 3.05) is 19.5 Å². The van der Waals surface area contributed by atoms with Gasteiger partial charge < -0.3 is 10.5 Å². The zero-order chi connectivity index (χ0) is 11.5. The van der Waals surface area contributed by atoms with Crippen LogP contribution in [0.2, 0.25) is 0 Å². The molecule has 0 bridgehead atoms. The molecule has 0 radical (unpaired) electrons. The summed E-state index contributed by atoms with van der Waals surface area (Å²) in [6.45, 7) is 6.94. The fourth-order valence-corrected chi connectivity index (χ4v) is 1.21. The number of hydrogen-bond donors (Lipinski definition) is 1. The molecule has 0 amide bonds. The summed E-state index contributed by atoms with van der Waals surface area (Å²) in [6, 6.07) is 1.83. The van der Waals surface area contributed by atoms with Crippen molar-refractivity contribution in [1.82, 2.24) is 9.97 Å². The molecule has 0 spiro atoms. The lowest BCUT2D eigenvalue weighted by atomic mass is 9.92. The molecular weight excluding hydrogens is 190 g/mol. The lowest BCUT2D eigenvalue weighted by Crippen LogP contribution is -2.17. The maximum absolute atomic E-state index is 5.74. The van der Waals surface area contributed by atoms with Crippen LogP contribution in [0.25, 0.3) is 0 Å². The average Bonchev–Trinajstić information content (AvgIpc) is 2.12. The number of rotatable bonds is 3. The molecule has 0 aliphatic heterocycles. The average molecular weight is 209 g/mol. The second kappa shape index (κ2) is 4.57. The lowest BCUT2D eigenvalue weighted by Gasteiger charge is -2.18. The molecule has 84 valence electrons. The van der Waals surface area contributed by atoms with Crippen LogP contribution in [-0.4, -0.2) is 23.7 Å². The van der Waals surface area contributed by atoms with Crippen LogP contribution in [-0.2, 0) is 16.6 Å². The zero-order valence-electron chi connectivity index (χ0n) is 9.87. The lowest BCUT2D eigenvalue weighted by molar-refractivity contribution is 0.200. The van der Waals surface area contributed by atoms with Crippen molar-refractivity contribution >= 4 is 5.82 Å². The predicted molar refractivity (Wildman–Crippen MR) is 60.7 cm³/mol. The summed E-state index contributed by atoms with van der Waals surface area (Å²) >= 11 is 0. The maximum atomic E-state index is 5.74.